The highest BCUT2D eigenvalue weighted by Crippen LogP contribution is 2.32. The van der Waals surface area contributed by atoms with Gasteiger partial charge in [-0.15, -0.1) is 12.4 Å². The molecule has 0 amide bonds. The zero-order chi connectivity index (χ0) is 17.4. The van der Waals surface area contributed by atoms with Crippen LogP contribution in [0.5, 0.6) is 5.75 Å². The lowest BCUT2D eigenvalue weighted by Crippen LogP contribution is -2.48. The summed E-state index contributed by atoms with van der Waals surface area (Å²) < 4.78 is 47.0. The SMILES string of the molecule is Cl.O=S(=O)(c1ccc2c(c1)CCO2)N1CCNCC1c1cccc(F)c1. The number of sulfonamides is 1. The first-order valence-corrected chi connectivity index (χ1v) is 9.73. The number of fused-ring (bicyclic) bond motifs is 1. The number of hydrogen-bond donors (Lipinski definition) is 1. The predicted octanol–water partition coefficient (Wildman–Crippen LogP) is 2.52. The fourth-order valence-electron chi connectivity index (χ4n) is 3.43. The number of hydrogen-bond acceptors (Lipinski definition) is 4. The molecule has 8 heteroatoms. The predicted molar refractivity (Wildman–Crippen MR) is 98.8 cm³/mol. The molecule has 1 unspecified atom stereocenters. The maximum absolute atomic E-state index is 13.6. The molecule has 1 fully saturated rings. The van der Waals surface area contributed by atoms with Gasteiger partial charge >= 0.3 is 0 Å². The van der Waals surface area contributed by atoms with Gasteiger partial charge in [0.15, 0.2) is 0 Å². The van der Waals surface area contributed by atoms with Crippen molar-refractivity contribution in [2.24, 2.45) is 0 Å². The molecule has 2 aromatic carbocycles. The third kappa shape index (κ3) is 3.44. The molecule has 4 rings (SSSR count). The summed E-state index contributed by atoms with van der Waals surface area (Å²) in [5, 5.41) is 3.20. The van der Waals surface area contributed by atoms with Gasteiger partial charge in [-0.05, 0) is 41.5 Å². The van der Waals surface area contributed by atoms with Crippen LogP contribution in [0.1, 0.15) is 17.2 Å². The zero-order valence-electron chi connectivity index (χ0n) is 14.0. The Bertz CT molecular complexity index is 907. The largest absolute Gasteiger partial charge is 0.493 e. The van der Waals surface area contributed by atoms with Crippen LogP contribution < -0.4 is 10.1 Å². The van der Waals surface area contributed by atoms with Crippen molar-refractivity contribution >= 4 is 22.4 Å². The smallest absolute Gasteiger partial charge is 0.243 e. The Kier molecular flexibility index (Phi) is 5.53. The van der Waals surface area contributed by atoms with Crippen LogP contribution in [0.2, 0.25) is 0 Å². The third-order valence-electron chi connectivity index (χ3n) is 4.70. The van der Waals surface area contributed by atoms with Crippen molar-refractivity contribution in [1.82, 2.24) is 9.62 Å². The van der Waals surface area contributed by atoms with Gasteiger partial charge < -0.3 is 10.1 Å². The molecule has 2 aliphatic rings. The summed E-state index contributed by atoms with van der Waals surface area (Å²) in [5.74, 6) is 0.385. The van der Waals surface area contributed by atoms with Crippen molar-refractivity contribution in [2.75, 3.05) is 26.2 Å². The molecule has 0 aliphatic carbocycles. The first-order chi connectivity index (χ1) is 12.1. The van der Waals surface area contributed by atoms with Gasteiger partial charge in [-0.3, -0.25) is 0 Å². The van der Waals surface area contributed by atoms with Crippen LogP contribution >= 0.6 is 12.4 Å². The standard InChI is InChI=1S/C18H19FN2O3S.ClH/c19-15-3-1-2-13(10-15)17-12-20-7-8-21(17)25(22,23)16-4-5-18-14(11-16)6-9-24-18;/h1-5,10-11,17,20H,6-9,12H2;1H. The lowest BCUT2D eigenvalue weighted by Gasteiger charge is -2.35. The molecule has 5 nitrogen and oxygen atoms in total. The Labute approximate surface area is 158 Å². The average Bonchev–Trinajstić information content (AvgIpc) is 3.09. The van der Waals surface area contributed by atoms with Gasteiger partial charge in [0, 0.05) is 26.1 Å². The average molecular weight is 399 g/mol. The van der Waals surface area contributed by atoms with Crippen molar-refractivity contribution in [2.45, 2.75) is 17.4 Å². The van der Waals surface area contributed by atoms with Gasteiger partial charge in [0.25, 0.3) is 0 Å². The van der Waals surface area contributed by atoms with E-state index in [4.69, 9.17) is 4.74 Å². The van der Waals surface area contributed by atoms with E-state index in [0.717, 1.165) is 11.3 Å². The second-order valence-corrected chi connectivity index (χ2v) is 8.15. The van der Waals surface area contributed by atoms with Gasteiger partial charge in [-0.25, -0.2) is 12.8 Å². The Morgan fingerprint density at radius 2 is 2.04 bits per heavy atom. The first kappa shape index (κ1) is 19.1. The van der Waals surface area contributed by atoms with Crippen molar-refractivity contribution in [3.05, 3.63) is 59.4 Å². The van der Waals surface area contributed by atoms with E-state index >= 15 is 0 Å². The maximum atomic E-state index is 13.6. The number of piperazine rings is 1. The molecule has 2 aromatic rings. The molecule has 1 atom stereocenters. The van der Waals surface area contributed by atoms with Gasteiger partial charge in [0.2, 0.25) is 10.0 Å². The number of benzene rings is 2. The van der Waals surface area contributed by atoms with E-state index in [1.807, 2.05) is 0 Å². The molecular formula is C18H20ClFN2O3S. The Morgan fingerprint density at radius 1 is 1.19 bits per heavy atom. The Morgan fingerprint density at radius 3 is 2.85 bits per heavy atom. The highest BCUT2D eigenvalue weighted by Gasteiger charge is 2.35. The summed E-state index contributed by atoms with van der Waals surface area (Å²) in [5.41, 5.74) is 1.57. The summed E-state index contributed by atoms with van der Waals surface area (Å²) in [7, 11) is -3.68. The molecule has 2 heterocycles. The van der Waals surface area contributed by atoms with E-state index < -0.39 is 16.1 Å². The van der Waals surface area contributed by atoms with Gasteiger partial charge in [-0.2, -0.15) is 4.31 Å². The fourth-order valence-corrected chi connectivity index (χ4v) is 5.10. The van der Waals surface area contributed by atoms with Crippen LogP contribution in [0.3, 0.4) is 0 Å². The second-order valence-electron chi connectivity index (χ2n) is 6.26. The molecule has 2 aliphatic heterocycles. The summed E-state index contributed by atoms with van der Waals surface area (Å²) >= 11 is 0. The third-order valence-corrected chi connectivity index (χ3v) is 6.60. The zero-order valence-corrected chi connectivity index (χ0v) is 15.7. The van der Waals surface area contributed by atoms with Crippen LogP contribution in [0.4, 0.5) is 4.39 Å². The van der Waals surface area contributed by atoms with Crippen molar-refractivity contribution in [3.8, 4) is 5.75 Å². The van der Waals surface area contributed by atoms with E-state index in [2.05, 4.69) is 5.32 Å². The van der Waals surface area contributed by atoms with Crippen LogP contribution in [-0.2, 0) is 16.4 Å². The number of nitrogens with zero attached hydrogens (tertiary/aromatic N) is 1. The number of nitrogens with one attached hydrogen (secondary N) is 1. The molecule has 1 N–H and O–H groups in total. The van der Waals surface area contributed by atoms with Crippen LogP contribution in [-0.4, -0.2) is 39.0 Å². The highest BCUT2D eigenvalue weighted by atomic mass is 35.5. The molecule has 1 saturated heterocycles. The van der Waals surface area contributed by atoms with E-state index in [-0.39, 0.29) is 23.1 Å². The fraction of sp³-hybridized carbons (Fsp3) is 0.333. The highest BCUT2D eigenvalue weighted by molar-refractivity contribution is 7.89. The summed E-state index contributed by atoms with van der Waals surface area (Å²) in [6, 6.07) is 10.7. The van der Waals surface area contributed by atoms with E-state index in [9.17, 15) is 12.8 Å². The quantitative estimate of drug-likeness (QED) is 0.863. The number of halogens is 2. The van der Waals surface area contributed by atoms with E-state index in [1.165, 1.54) is 16.4 Å². The van der Waals surface area contributed by atoms with Crippen LogP contribution in [0, 0.1) is 5.82 Å². The van der Waals surface area contributed by atoms with E-state index in [0.29, 0.717) is 38.2 Å². The summed E-state index contributed by atoms with van der Waals surface area (Å²) in [4.78, 5) is 0.264. The molecule has 140 valence electrons. The Balaban J connectivity index is 0.00000196. The summed E-state index contributed by atoms with van der Waals surface area (Å²) in [6.07, 6.45) is 0.716. The minimum absolute atomic E-state index is 0. The monoisotopic (exact) mass is 398 g/mol. The van der Waals surface area contributed by atoms with Crippen molar-refractivity contribution in [1.29, 1.82) is 0 Å². The molecule has 0 aromatic heterocycles. The number of rotatable bonds is 3. The molecule has 26 heavy (non-hydrogen) atoms. The maximum Gasteiger partial charge on any atom is 0.243 e. The minimum Gasteiger partial charge on any atom is -0.493 e. The van der Waals surface area contributed by atoms with Crippen molar-refractivity contribution in [3.63, 3.8) is 0 Å². The topological polar surface area (TPSA) is 58.6 Å². The minimum atomic E-state index is -3.68. The molecule has 0 radical (unpaired) electrons. The van der Waals surface area contributed by atoms with Crippen molar-refractivity contribution < 1.29 is 17.5 Å². The van der Waals surface area contributed by atoms with Gasteiger partial charge in [-0.1, -0.05) is 12.1 Å². The lowest BCUT2D eigenvalue weighted by molar-refractivity contribution is 0.271. The lowest BCUT2D eigenvalue weighted by atomic mass is 10.1. The van der Waals surface area contributed by atoms with Gasteiger partial charge in [0.05, 0.1) is 17.5 Å². The van der Waals surface area contributed by atoms with Crippen LogP contribution in [0.15, 0.2) is 47.4 Å². The second kappa shape index (κ2) is 7.52. The molecular weight excluding hydrogens is 379 g/mol. The molecule has 0 bridgehead atoms. The summed E-state index contributed by atoms with van der Waals surface area (Å²) in [6.45, 7) is 1.95. The number of ether oxygens (including phenoxy) is 1. The Hall–Kier alpha value is -1.67. The molecule has 0 saturated carbocycles. The first-order valence-electron chi connectivity index (χ1n) is 8.29. The van der Waals surface area contributed by atoms with E-state index in [1.54, 1.807) is 30.3 Å². The normalized spacial score (nSPS) is 20.1. The van der Waals surface area contributed by atoms with Crippen LogP contribution in [0.25, 0.3) is 0 Å². The molecule has 0 spiro atoms. The van der Waals surface area contributed by atoms with Gasteiger partial charge in [0.1, 0.15) is 11.6 Å².